The molecule has 2 saturated heterocycles. The molecule has 2 fully saturated rings. The lowest BCUT2D eigenvalue weighted by Crippen LogP contribution is -2.61. The molecule has 0 N–H and O–H groups in total. The maximum Gasteiger partial charge on any atom is 0.264 e. The first-order chi connectivity index (χ1) is 14.9. The van der Waals surface area contributed by atoms with E-state index in [4.69, 9.17) is 0 Å². The monoisotopic (exact) mass is 436 g/mol. The standard InChI is InChI=1S/C24H24N2O4S/c1-16-8-10-18(11-9-16)31(29,30)26-21-7-3-2-6-19(21)20-15-22(28)25-13-4-5-17(12-14-27)23(25)24(20)26/h2-3,6-12,14,20,23-24H,4-5,13,15H2,1H3/b17-12+/t20-,23-,24+/m1/s1. The quantitative estimate of drug-likeness (QED) is 0.547. The van der Waals surface area contributed by atoms with Gasteiger partial charge in [-0.15, -0.1) is 0 Å². The largest absolute Gasteiger partial charge is 0.334 e. The summed E-state index contributed by atoms with van der Waals surface area (Å²) in [4.78, 5) is 26.4. The molecule has 3 aliphatic rings. The molecule has 3 atom stereocenters. The van der Waals surface area contributed by atoms with Gasteiger partial charge in [-0.2, -0.15) is 0 Å². The van der Waals surface area contributed by atoms with Gasteiger partial charge in [-0.3, -0.25) is 13.9 Å². The Morgan fingerprint density at radius 2 is 1.81 bits per heavy atom. The zero-order chi connectivity index (χ0) is 21.8. The predicted octanol–water partition coefficient (Wildman–Crippen LogP) is 3.18. The van der Waals surface area contributed by atoms with Crippen LogP contribution in [0.4, 0.5) is 5.69 Å². The molecule has 0 aromatic heterocycles. The third kappa shape index (κ3) is 3.02. The van der Waals surface area contributed by atoms with Crippen LogP contribution in [0.25, 0.3) is 0 Å². The number of sulfonamides is 1. The first-order valence-corrected chi connectivity index (χ1v) is 12.0. The van der Waals surface area contributed by atoms with Gasteiger partial charge in [0.15, 0.2) is 0 Å². The lowest BCUT2D eigenvalue weighted by Gasteiger charge is -2.48. The number of para-hydroxylation sites is 1. The van der Waals surface area contributed by atoms with Crippen molar-refractivity contribution < 1.29 is 18.0 Å². The average Bonchev–Trinajstić information content (AvgIpc) is 3.09. The second-order valence-electron chi connectivity index (χ2n) is 8.49. The third-order valence-electron chi connectivity index (χ3n) is 6.74. The van der Waals surface area contributed by atoms with Crippen molar-refractivity contribution in [1.82, 2.24) is 4.90 Å². The van der Waals surface area contributed by atoms with Crippen molar-refractivity contribution in [2.24, 2.45) is 0 Å². The fourth-order valence-corrected chi connectivity index (χ4v) is 7.12. The number of benzene rings is 2. The molecule has 0 aliphatic carbocycles. The molecule has 0 bridgehead atoms. The first kappa shape index (κ1) is 20.0. The van der Waals surface area contributed by atoms with Crippen molar-refractivity contribution in [3.8, 4) is 0 Å². The van der Waals surface area contributed by atoms with Crippen LogP contribution in [0.15, 0.2) is 65.1 Å². The highest BCUT2D eigenvalue weighted by Gasteiger charge is 2.55. The Labute approximate surface area is 182 Å². The summed E-state index contributed by atoms with van der Waals surface area (Å²) in [7, 11) is -3.87. The fraction of sp³-hybridized carbons (Fsp3) is 0.333. The van der Waals surface area contributed by atoms with Gasteiger partial charge in [-0.25, -0.2) is 8.42 Å². The maximum atomic E-state index is 13.9. The molecule has 0 radical (unpaired) electrons. The second-order valence-corrected chi connectivity index (χ2v) is 10.3. The van der Waals surface area contributed by atoms with Gasteiger partial charge in [0.05, 0.1) is 22.7 Å². The number of hydrogen-bond donors (Lipinski definition) is 0. The van der Waals surface area contributed by atoms with E-state index in [9.17, 15) is 18.0 Å². The highest BCUT2D eigenvalue weighted by atomic mass is 32.2. The van der Waals surface area contributed by atoms with E-state index in [0.29, 0.717) is 18.7 Å². The smallest absolute Gasteiger partial charge is 0.264 e. The Kier molecular flexibility index (Phi) is 4.73. The molecule has 0 saturated carbocycles. The number of fused-ring (bicyclic) bond motifs is 5. The molecule has 1 amide bonds. The van der Waals surface area contributed by atoms with E-state index in [1.807, 2.05) is 31.2 Å². The number of nitrogens with zero attached hydrogens (tertiary/aromatic N) is 2. The molecule has 3 aliphatic heterocycles. The van der Waals surface area contributed by atoms with Crippen LogP contribution in [-0.4, -0.2) is 44.1 Å². The number of aryl methyl sites for hydroxylation is 1. The summed E-state index contributed by atoms with van der Waals surface area (Å²) in [5.74, 6) is -0.217. The Morgan fingerprint density at radius 3 is 2.55 bits per heavy atom. The van der Waals surface area contributed by atoms with Crippen LogP contribution in [-0.2, 0) is 19.6 Å². The van der Waals surface area contributed by atoms with Crippen LogP contribution in [0, 0.1) is 6.92 Å². The molecular weight excluding hydrogens is 412 g/mol. The molecule has 2 aromatic rings. The van der Waals surface area contributed by atoms with Crippen molar-refractivity contribution in [3.63, 3.8) is 0 Å². The number of allylic oxidation sites excluding steroid dienone is 1. The van der Waals surface area contributed by atoms with Crippen LogP contribution in [0.1, 0.15) is 36.3 Å². The van der Waals surface area contributed by atoms with E-state index in [-0.39, 0.29) is 23.1 Å². The summed E-state index contributed by atoms with van der Waals surface area (Å²) in [5, 5.41) is 0. The number of carbonyl (C=O) groups excluding carboxylic acids is 2. The second kappa shape index (κ2) is 7.34. The summed E-state index contributed by atoms with van der Waals surface area (Å²) in [6.45, 7) is 2.50. The van der Waals surface area contributed by atoms with Crippen LogP contribution in [0.2, 0.25) is 0 Å². The Bertz CT molecular complexity index is 1190. The van der Waals surface area contributed by atoms with Crippen LogP contribution < -0.4 is 4.31 Å². The first-order valence-electron chi connectivity index (χ1n) is 10.6. The topological polar surface area (TPSA) is 74.8 Å². The van der Waals surface area contributed by atoms with E-state index < -0.39 is 22.1 Å². The van der Waals surface area contributed by atoms with Gasteiger partial charge in [0.2, 0.25) is 5.91 Å². The Hall–Kier alpha value is -2.93. The minimum absolute atomic E-state index is 0.0205. The predicted molar refractivity (Wildman–Crippen MR) is 117 cm³/mol. The fourth-order valence-electron chi connectivity index (χ4n) is 5.40. The van der Waals surface area contributed by atoms with Gasteiger partial charge in [-0.05, 0) is 55.2 Å². The summed E-state index contributed by atoms with van der Waals surface area (Å²) < 4.78 is 29.4. The number of carbonyl (C=O) groups is 2. The molecule has 160 valence electrons. The zero-order valence-electron chi connectivity index (χ0n) is 17.3. The van der Waals surface area contributed by atoms with Gasteiger partial charge in [0.25, 0.3) is 10.0 Å². The van der Waals surface area contributed by atoms with E-state index in [1.54, 1.807) is 29.2 Å². The molecular formula is C24H24N2O4S. The molecule has 7 heteroatoms. The van der Waals surface area contributed by atoms with Crippen molar-refractivity contribution >= 4 is 27.9 Å². The SMILES string of the molecule is Cc1ccc(S(=O)(=O)N2c3ccccc3[C@H]3CC(=O)N4CCC/C(=C\C=O)[C@@H]4[C@H]32)cc1. The van der Waals surface area contributed by atoms with Gasteiger partial charge >= 0.3 is 0 Å². The van der Waals surface area contributed by atoms with Crippen molar-refractivity contribution in [1.29, 1.82) is 0 Å². The summed E-state index contributed by atoms with van der Waals surface area (Å²) in [6.07, 6.45) is 3.99. The molecule has 6 nitrogen and oxygen atoms in total. The summed E-state index contributed by atoms with van der Waals surface area (Å²) in [5.41, 5.74) is 3.33. The molecule has 31 heavy (non-hydrogen) atoms. The normalized spacial score (nSPS) is 26.4. The number of hydrogen-bond acceptors (Lipinski definition) is 4. The summed E-state index contributed by atoms with van der Waals surface area (Å²) in [6, 6.07) is 13.4. The molecule has 3 heterocycles. The van der Waals surface area contributed by atoms with Gasteiger partial charge in [-0.1, -0.05) is 35.9 Å². The van der Waals surface area contributed by atoms with Crippen molar-refractivity contribution in [3.05, 3.63) is 71.3 Å². The van der Waals surface area contributed by atoms with E-state index in [0.717, 1.165) is 29.4 Å². The number of amides is 1. The van der Waals surface area contributed by atoms with Crippen molar-refractivity contribution in [2.45, 2.75) is 49.1 Å². The van der Waals surface area contributed by atoms with Gasteiger partial charge in [0, 0.05) is 18.9 Å². The minimum atomic E-state index is -3.87. The number of anilines is 1. The number of rotatable bonds is 3. The highest BCUT2D eigenvalue weighted by Crippen LogP contribution is 2.51. The lowest BCUT2D eigenvalue weighted by molar-refractivity contribution is -0.137. The zero-order valence-corrected chi connectivity index (χ0v) is 18.1. The number of piperidine rings is 2. The Balaban J connectivity index is 1.71. The van der Waals surface area contributed by atoms with Gasteiger partial charge in [0.1, 0.15) is 6.29 Å². The molecule has 0 unspecified atom stereocenters. The van der Waals surface area contributed by atoms with Crippen LogP contribution in [0.5, 0.6) is 0 Å². The van der Waals surface area contributed by atoms with Crippen LogP contribution in [0.3, 0.4) is 0 Å². The third-order valence-corrected chi connectivity index (χ3v) is 8.56. The van der Waals surface area contributed by atoms with E-state index in [2.05, 4.69) is 0 Å². The van der Waals surface area contributed by atoms with Crippen molar-refractivity contribution in [2.75, 3.05) is 10.8 Å². The van der Waals surface area contributed by atoms with Crippen LogP contribution >= 0.6 is 0 Å². The molecule has 0 spiro atoms. The summed E-state index contributed by atoms with van der Waals surface area (Å²) >= 11 is 0. The molecule has 2 aromatic carbocycles. The van der Waals surface area contributed by atoms with E-state index in [1.165, 1.54) is 10.4 Å². The van der Waals surface area contributed by atoms with Gasteiger partial charge < -0.3 is 4.90 Å². The van der Waals surface area contributed by atoms with E-state index >= 15 is 0 Å². The minimum Gasteiger partial charge on any atom is -0.334 e. The molecule has 5 rings (SSSR count). The maximum absolute atomic E-state index is 13.9. The highest BCUT2D eigenvalue weighted by molar-refractivity contribution is 7.92. The Morgan fingerprint density at radius 1 is 1.06 bits per heavy atom. The number of aldehydes is 1. The average molecular weight is 437 g/mol. The lowest BCUT2D eigenvalue weighted by atomic mass is 9.77.